The first-order valence-corrected chi connectivity index (χ1v) is 10.5. The molecule has 2 aromatic rings. The Morgan fingerprint density at radius 1 is 1.23 bits per heavy atom. The van der Waals surface area contributed by atoms with Crippen LogP contribution in [0.1, 0.15) is 30.4 Å². The van der Waals surface area contributed by atoms with Gasteiger partial charge in [-0.1, -0.05) is 18.2 Å². The number of hydrogen-bond donors (Lipinski definition) is 2. The fraction of sp³-hybridized carbons (Fsp3) is 0.500. The summed E-state index contributed by atoms with van der Waals surface area (Å²) >= 11 is 0. The number of morpholine rings is 1. The summed E-state index contributed by atoms with van der Waals surface area (Å²) in [5, 5.41) is 15.3. The molecule has 0 aromatic heterocycles. The number of aliphatic hydroxyl groups is 1. The monoisotopic (exact) mass is 417 g/mol. The van der Waals surface area contributed by atoms with Crippen LogP contribution in [0.2, 0.25) is 0 Å². The van der Waals surface area contributed by atoms with Gasteiger partial charge in [-0.3, -0.25) is 0 Å². The van der Waals surface area contributed by atoms with Crippen molar-refractivity contribution in [3.8, 4) is 16.9 Å². The highest BCUT2D eigenvalue weighted by Crippen LogP contribution is 2.41. The largest absolute Gasteiger partial charge is 0.497 e. The molecule has 1 aliphatic rings. The van der Waals surface area contributed by atoms with Gasteiger partial charge in [-0.15, -0.1) is 0 Å². The fourth-order valence-electron chi connectivity index (χ4n) is 4.17. The maximum atomic E-state index is 15.2. The topological polar surface area (TPSA) is 60.0 Å². The first-order chi connectivity index (χ1) is 14.5. The third kappa shape index (κ3) is 5.01. The number of rotatable bonds is 9. The van der Waals surface area contributed by atoms with E-state index in [1.165, 1.54) is 6.07 Å². The zero-order valence-corrected chi connectivity index (χ0v) is 18.0. The molecule has 0 amide bonds. The van der Waals surface area contributed by atoms with Crippen LogP contribution in [0.25, 0.3) is 11.1 Å². The molecule has 1 saturated heterocycles. The van der Waals surface area contributed by atoms with Gasteiger partial charge in [0, 0.05) is 32.4 Å². The van der Waals surface area contributed by atoms with Crippen LogP contribution >= 0.6 is 0 Å². The van der Waals surface area contributed by atoms with Gasteiger partial charge in [-0.2, -0.15) is 0 Å². The second kappa shape index (κ2) is 10.4. The molecule has 1 fully saturated rings. The van der Waals surface area contributed by atoms with Crippen molar-refractivity contribution in [1.82, 2.24) is 5.32 Å². The van der Waals surface area contributed by atoms with Gasteiger partial charge in [-0.05, 0) is 61.1 Å². The lowest BCUT2D eigenvalue weighted by atomic mass is 9.79. The lowest BCUT2D eigenvalue weighted by molar-refractivity contribution is -0.129. The smallest absolute Gasteiger partial charge is 0.131 e. The van der Waals surface area contributed by atoms with Crippen LogP contribution in [-0.2, 0) is 15.1 Å². The van der Waals surface area contributed by atoms with Crippen LogP contribution in [0, 0.1) is 12.7 Å². The van der Waals surface area contributed by atoms with Gasteiger partial charge in [0.15, 0.2) is 0 Å². The van der Waals surface area contributed by atoms with E-state index in [0.29, 0.717) is 48.6 Å². The first-order valence-electron chi connectivity index (χ1n) is 10.5. The minimum Gasteiger partial charge on any atom is -0.497 e. The number of unbranched alkanes of at least 4 members (excludes halogenated alkanes) is 1. The highest BCUT2D eigenvalue weighted by Gasteiger charge is 2.42. The lowest BCUT2D eigenvalue weighted by Gasteiger charge is -2.40. The summed E-state index contributed by atoms with van der Waals surface area (Å²) in [6.07, 6.45) is 1.52. The zero-order chi connectivity index (χ0) is 21.6. The number of nitrogens with one attached hydrogen (secondary N) is 1. The molecule has 0 bridgehead atoms. The van der Waals surface area contributed by atoms with Crippen LogP contribution in [0.3, 0.4) is 0 Å². The summed E-state index contributed by atoms with van der Waals surface area (Å²) < 4.78 is 31.7. The average molecular weight is 418 g/mol. The van der Waals surface area contributed by atoms with Crippen LogP contribution in [0.5, 0.6) is 5.75 Å². The van der Waals surface area contributed by atoms with E-state index < -0.39 is 11.7 Å². The van der Waals surface area contributed by atoms with Gasteiger partial charge in [0.1, 0.15) is 23.3 Å². The highest BCUT2D eigenvalue weighted by molar-refractivity contribution is 5.71. The molecule has 0 saturated carbocycles. The molecule has 0 spiro atoms. The summed E-state index contributed by atoms with van der Waals surface area (Å²) in [6, 6.07) is 10.5. The van der Waals surface area contributed by atoms with Crippen molar-refractivity contribution >= 4 is 0 Å². The third-order valence-corrected chi connectivity index (χ3v) is 5.67. The highest BCUT2D eigenvalue weighted by atomic mass is 19.1. The van der Waals surface area contributed by atoms with E-state index >= 15 is 4.39 Å². The quantitative estimate of drug-likeness (QED) is 0.608. The van der Waals surface area contributed by atoms with Gasteiger partial charge >= 0.3 is 0 Å². The van der Waals surface area contributed by atoms with Crippen molar-refractivity contribution in [2.75, 3.05) is 40.5 Å². The van der Waals surface area contributed by atoms with E-state index in [4.69, 9.17) is 14.2 Å². The van der Waals surface area contributed by atoms with Crippen molar-refractivity contribution in [3.63, 3.8) is 0 Å². The average Bonchev–Trinajstić information content (AvgIpc) is 2.76. The Kier molecular flexibility index (Phi) is 7.83. The number of aryl methyl sites for hydroxylation is 1. The maximum Gasteiger partial charge on any atom is 0.131 e. The van der Waals surface area contributed by atoms with Crippen LogP contribution in [-0.4, -0.2) is 51.7 Å². The van der Waals surface area contributed by atoms with E-state index in [2.05, 4.69) is 5.32 Å². The number of benzene rings is 2. The molecule has 164 valence electrons. The van der Waals surface area contributed by atoms with Gasteiger partial charge in [0.05, 0.1) is 13.7 Å². The molecule has 2 atom stereocenters. The van der Waals surface area contributed by atoms with Gasteiger partial charge in [-0.25, -0.2) is 4.39 Å². The first kappa shape index (κ1) is 22.7. The summed E-state index contributed by atoms with van der Waals surface area (Å²) in [5.41, 5.74) is 1.23. The maximum absolute atomic E-state index is 15.2. The molecule has 6 heteroatoms. The molecule has 3 rings (SSSR count). The minimum absolute atomic E-state index is 0.376. The second-order valence-corrected chi connectivity index (χ2v) is 7.84. The van der Waals surface area contributed by atoms with Crippen molar-refractivity contribution in [2.24, 2.45) is 0 Å². The standard InChI is InChI=1S/C24H32FNO4/c1-17-13-18(15-19(14-17)29-3)23-20(7-6-8-21(23)25)24(27,9-4-5-11-28-2)22-16-26-10-12-30-22/h6-8,13-15,22,26-27H,4-5,9-12,16H2,1-3H3/t22-,24?/m1/s1. The summed E-state index contributed by atoms with van der Waals surface area (Å²) in [4.78, 5) is 0. The second-order valence-electron chi connectivity index (χ2n) is 7.84. The molecule has 2 N–H and O–H groups in total. The Morgan fingerprint density at radius 3 is 2.77 bits per heavy atom. The van der Waals surface area contributed by atoms with Crippen LogP contribution in [0.4, 0.5) is 4.39 Å². The normalized spacial score (nSPS) is 18.8. The molecule has 5 nitrogen and oxygen atoms in total. The summed E-state index contributed by atoms with van der Waals surface area (Å²) in [5.74, 6) is 0.276. The Hall–Kier alpha value is -1.99. The Morgan fingerprint density at radius 2 is 2.07 bits per heavy atom. The van der Waals surface area contributed by atoms with E-state index in [0.717, 1.165) is 24.9 Å². The predicted molar refractivity (Wildman–Crippen MR) is 115 cm³/mol. The molecular weight excluding hydrogens is 385 g/mol. The number of halogens is 1. The van der Waals surface area contributed by atoms with Crippen LogP contribution < -0.4 is 10.1 Å². The van der Waals surface area contributed by atoms with Gasteiger partial charge < -0.3 is 24.6 Å². The number of methoxy groups -OCH3 is 2. The fourth-order valence-corrected chi connectivity index (χ4v) is 4.17. The molecule has 0 radical (unpaired) electrons. The molecule has 1 heterocycles. The van der Waals surface area contributed by atoms with E-state index in [1.54, 1.807) is 26.4 Å². The van der Waals surface area contributed by atoms with E-state index in [9.17, 15) is 5.11 Å². The molecule has 2 aromatic carbocycles. The Balaban J connectivity index is 2.09. The summed E-state index contributed by atoms with van der Waals surface area (Å²) in [7, 11) is 3.25. The minimum atomic E-state index is -1.34. The van der Waals surface area contributed by atoms with Gasteiger partial charge in [0.25, 0.3) is 0 Å². The zero-order valence-electron chi connectivity index (χ0n) is 18.0. The molecular formula is C24H32FNO4. The van der Waals surface area contributed by atoms with Gasteiger partial charge in [0.2, 0.25) is 0 Å². The Bertz CT molecular complexity index is 838. The summed E-state index contributed by atoms with van der Waals surface area (Å²) in [6.45, 7) is 4.31. The predicted octanol–water partition coefficient (Wildman–Crippen LogP) is 3.80. The lowest BCUT2D eigenvalue weighted by Crippen LogP contribution is -2.51. The Labute approximate surface area is 178 Å². The van der Waals surface area contributed by atoms with E-state index in [1.807, 2.05) is 25.1 Å². The molecule has 30 heavy (non-hydrogen) atoms. The number of ether oxygens (including phenoxy) is 3. The van der Waals surface area contributed by atoms with Crippen molar-refractivity contribution in [2.45, 2.75) is 37.9 Å². The van der Waals surface area contributed by atoms with E-state index in [-0.39, 0.29) is 5.82 Å². The molecule has 1 aliphatic heterocycles. The molecule has 1 unspecified atom stereocenters. The van der Waals surface area contributed by atoms with Crippen molar-refractivity contribution in [1.29, 1.82) is 0 Å². The van der Waals surface area contributed by atoms with Crippen molar-refractivity contribution in [3.05, 3.63) is 53.3 Å². The van der Waals surface area contributed by atoms with Crippen LogP contribution in [0.15, 0.2) is 36.4 Å². The third-order valence-electron chi connectivity index (χ3n) is 5.67. The number of hydrogen-bond acceptors (Lipinski definition) is 5. The van der Waals surface area contributed by atoms with Crippen molar-refractivity contribution < 1.29 is 23.7 Å². The molecule has 0 aliphatic carbocycles. The SMILES string of the molecule is COCCCCC(O)(c1cccc(F)c1-c1cc(C)cc(OC)c1)[C@H]1CNCCO1.